The van der Waals surface area contributed by atoms with E-state index >= 15 is 9.59 Å². The predicted octanol–water partition coefficient (Wildman–Crippen LogP) is 3.49. The van der Waals surface area contributed by atoms with Gasteiger partial charge in [0, 0.05) is 60.1 Å². The number of amides is 8. The summed E-state index contributed by atoms with van der Waals surface area (Å²) in [5.74, 6) is -8.52. The molecule has 2 aromatic carbocycles. The molecule has 11 atom stereocenters. The van der Waals surface area contributed by atoms with E-state index in [-0.39, 0.29) is 57.6 Å². The molecule has 20 nitrogen and oxygen atoms in total. The zero-order valence-electron chi connectivity index (χ0n) is 49.8. The van der Waals surface area contributed by atoms with E-state index in [9.17, 15) is 43.8 Å². The van der Waals surface area contributed by atoms with Crippen molar-refractivity contribution in [3.63, 3.8) is 0 Å². The average Bonchev–Trinajstić information content (AvgIpc) is 4.00. The summed E-state index contributed by atoms with van der Waals surface area (Å²) in [5.41, 5.74) is -0.598. The number of rotatable bonds is 15. The van der Waals surface area contributed by atoms with Crippen molar-refractivity contribution in [1.82, 2.24) is 40.4 Å². The molecule has 0 spiro atoms. The standard InChI is InChI=1S/C60H92N8O12/c1-15-38(7)47-57(76)64(11)44(30-24-32-69)51(70)61-42(33-36(3)4)55(74)67(14)50(60(9,10)79)59(78)80-49(39(8)16-2)58(77)66(13)48(37(5)6)53(72)62-43(34-40-25-19-17-20-26-40)54(73)65(12)46(35-41-27-21-18-22-28-41)56(75)68-31-23-29-45(68)52(71)63-47/h17-22,25-28,36-39,42-50,69,79H,15-16,23-24,29-35H2,1-14H3,(H,61,70)(H,62,72)(H,63,71)/t38-,39-,42+,43+,44+,45+,46+,47-,48+,49+,50-/m1/s1. The molecular formula is C60H92N8O12. The molecule has 2 heterocycles. The van der Waals surface area contributed by atoms with Gasteiger partial charge in [-0.05, 0) is 81.3 Å². The highest BCUT2D eigenvalue weighted by atomic mass is 16.6. The van der Waals surface area contributed by atoms with Gasteiger partial charge in [-0.25, -0.2) is 4.79 Å². The Morgan fingerprint density at radius 2 is 1.16 bits per heavy atom. The molecule has 2 aliphatic heterocycles. The number of carbonyl (C=O) groups is 9. The van der Waals surface area contributed by atoms with Crippen molar-refractivity contribution in [2.24, 2.45) is 23.7 Å². The molecule has 0 aromatic heterocycles. The Morgan fingerprint density at radius 3 is 1.69 bits per heavy atom. The number of likely N-dealkylation sites (N-methyl/N-ethyl adjacent to an activating group) is 4. The number of ether oxygens (including phenoxy) is 1. The lowest BCUT2D eigenvalue weighted by Gasteiger charge is -2.39. The monoisotopic (exact) mass is 1120 g/mol. The lowest BCUT2D eigenvalue weighted by molar-refractivity contribution is -0.177. The molecule has 0 aliphatic carbocycles. The highest BCUT2D eigenvalue weighted by Gasteiger charge is 2.48. The van der Waals surface area contributed by atoms with Gasteiger partial charge in [-0.3, -0.25) is 38.4 Å². The van der Waals surface area contributed by atoms with Gasteiger partial charge in [0.15, 0.2) is 12.1 Å². The Bertz CT molecular complexity index is 2430. The first-order valence-electron chi connectivity index (χ1n) is 28.5. The van der Waals surface area contributed by atoms with Gasteiger partial charge in [-0.2, -0.15) is 0 Å². The van der Waals surface area contributed by atoms with Crippen LogP contribution in [0.25, 0.3) is 0 Å². The van der Waals surface area contributed by atoms with E-state index in [4.69, 9.17) is 4.74 Å². The number of carbonyl (C=O) groups excluding carboxylic acids is 9. The van der Waals surface area contributed by atoms with Gasteiger partial charge < -0.3 is 55.4 Å². The fourth-order valence-corrected chi connectivity index (χ4v) is 10.9. The molecule has 444 valence electrons. The second-order valence-corrected chi connectivity index (χ2v) is 23.4. The van der Waals surface area contributed by atoms with Gasteiger partial charge in [0.1, 0.15) is 42.3 Å². The Kier molecular flexibility index (Phi) is 24.7. The van der Waals surface area contributed by atoms with Crippen LogP contribution in [0.1, 0.15) is 125 Å². The first-order valence-corrected chi connectivity index (χ1v) is 28.5. The van der Waals surface area contributed by atoms with Crippen molar-refractivity contribution >= 4 is 53.2 Å². The van der Waals surface area contributed by atoms with Crippen molar-refractivity contribution in [3.8, 4) is 0 Å². The minimum atomic E-state index is -2.00. The van der Waals surface area contributed by atoms with Crippen molar-refractivity contribution in [2.75, 3.05) is 41.3 Å². The summed E-state index contributed by atoms with van der Waals surface area (Å²) in [5, 5.41) is 30.4. The number of nitrogens with zero attached hydrogens (tertiary/aromatic N) is 5. The Hall–Kier alpha value is -6.41. The third-order valence-electron chi connectivity index (χ3n) is 15.9. The summed E-state index contributed by atoms with van der Waals surface area (Å²) in [6, 6.07) is 7.71. The second-order valence-electron chi connectivity index (χ2n) is 23.4. The summed E-state index contributed by atoms with van der Waals surface area (Å²) in [7, 11) is 5.56. The minimum absolute atomic E-state index is 0.0175. The summed E-state index contributed by atoms with van der Waals surface area (Å²) in [4.78, 5) is 140. The molecule has 8 amide bonds. The number of aliphatic hydroxyl groups excluding tert-OH is 1. The smallest absolute Gasteiger partial charge is 0.332 e. The SMILES string of the molecule is CC[C@@H](C)[C@@H]1OC(=O)[C@H](C(C)(C)O)N(C)C(=O)[C@H](CC(C)C)NC(=O)[C@H](CCCO)N(C)C(=O)[C@@H]([C@H](C)CC)NC(=O)[C@@H]2CCCN2C(=O)[C@H](Cc2ccccc2)N(C)C(=O)[C@H](Cc2ccccc2)NC(=O)[C@H](C(C)C)N(C)C1=O. The fourth-order valence-electron chi connectivity index (χ4n) is 10.9. The quantitative estimate of drug-likeness (QED) is 0.161. The molecule has 80 heavy (non-hydrogen) atoms. The van der Waals surface area contributed by atoms with Crippen LogP contribution in [0, 0.1) is 23.7 Å². The van der Waals surface area contributed by atoms with Crippen LogP contribution in [-0.4, -0.2) is 189 Å². The van der Waals surface area contributed by atoms with E-state index in [1.165, 1.54) is 61.6 Å². The van der Waals surface area contributed by atoms with Crippen LogP contribution in [0.2, 0.25) is 0 Å². The van der Waals surface area contributed by atoms with Gasteiger partial charge >= 0.3 is 5.97 Å². The van der Waals surface area contributed by atoms with Crippen molar-refractivity contribution in [1.29, 1.82) is 0 Å². The van der Waals surface area contributed by atoms with Crippen LogP contribution in [-0.2, 0) is 60.7 Å². The molecule has 2 saturated heterocycles. The van der Waals surface area contributed by atoms with E-state index < -0.39 is 131 Å². The van der Waals surface area contributed by atoms with Crippen LogP contribution in [0.15, 0.2) is 60.7 Å². The van der Waals surface area contributed by atoms with E-state index in [0.717, 1.165) is 4.90 Å². The van der Waals surface area contributed by atoms with Crippen LogP contribution in [0.4, 0.5) is 0 Å². The summed E-state index contributed by atoms with van der Waals surface area (Å²) in [6.45, 7) is 16.6. The van der Waals surface area contributed by atoms with Gasteiger partial charge in [0.25, 0.3) is 5.91 Å². The normalized spacial score (nSPS) is 26.2. The predicted molar refractivity (Wildman–Crippen MR) is 303 cm³/mol. The lowest BCUT2D eigenvalue weighted by atomic mass is 9.94. The molecule has 2 aromatic rings. The first kappa shape index (κ1) is 66.1. The van der Waals surface area contributed by atoms with Gasteiger partial charge in [0.2, 0.25) is 41.4 Å². The zero-order valence-corrected chi connectivity index (χ0v) is 49.8. The summed E-state index contributed by atoms with van der Waals surface area (Å²) >= 11 is 0. The Morgan fingerprint density at radius 1 is 0.625 bits per heavy atom. The fraction of sp³-hybridized carbons (Fsp3) is 0.650. The van der Waals surface area contributed by atoms with Crippen LogP contribution in [0.3, 0.4) is 0 Å². The highest BCUT2D eigenvalue weighted by molar-refractivity contribution is 5.99. The molecule has 0 bridgehead atoms. The number of aliphatic hydroxyl groups is 2. The molecule has 0 unspecified atom stereocenters. The van der Waals surface area contributed by atoms with Crippen LogP contribution < -0.4 is 16.0 Å². The van der Waals surface area contributed by atoms with Crippen molar-refractivity contribution in [2.45, 2.75) is 187 Å². The molecule has 0 saturated carbocycles. The van der Waals surface area contributed by atoms with E-state index in [2.05, 4.69) is 16.0 Å². The molecule has 0 radical (unpaired) electrons. The third-order valence-corrected chi connectivity index (χ3v) is 15.9. The largest absolute Gasteiger partial charge is 0.450 e. The molecular weight excluding hydrogens is 1020 g/mol. The van der Waals surface area contributed by atoms with Crippen LogP contribution in [0.5, 0.6) is 0 Å². The maximum atomic E-state index is 15.3. The number of hydrogen-bond acceptors (Lipinski definition) is 12. The van der Waals surface area contributed by atoms with Crippen molar-refractivity contribution < 1.29 is 58.1 Å². The maximum Gasteiger partial charge on any atom is 0.332 e. The molecule has 5 N–H and O–H groups in total. The van der Waals surface area contributed by atoms with E-state index in [0.29, 0.717) is 30.4 Å². The number of esters is 1. The number of nitrogens with one attached hydrogen (secondary N) is 3. The van der Waals surface area contributed by atoms with Crippen LogP contribution >= 0.6 is 0 Å². The van der Waals surface area contributed by atoms with Crippen molar-refractivity contribution in [3.05, 3.63) is 71.8 Å². The molecule has 2 aliphatic rings. The van der Waals surface area contributed by atoms with E-state index in [1.54, 1.807) is 58.9 Å². The zero-order chi connectivity index (χ0) is 59.9. The van der Waals surface area contributed by atoms with Gasteiger partial charge in [-0.15, -0.1) is 0 Å². The van der Waals surface area contributed by atoms with Gasteiger partial charge in [-0.1, -0.05) is 122 Å². The van der Waals surface area contributed by atoms with E-state index in [1.807, 2.05) is 57.2 Å². The topological polar surface area (TPSA) is 256 Å². The third kappa shape index (κ3) is 16.8. The molecule has 4 rings (SSSR count). The lowest BCUT2D eigenvalue weighted by Crippen LogP contribution is -2.62. The number of hydrogen-bond donors (Lipinski definition) is 5. The minimum Gasteiger partial charge on any atom is -0.450 e. The Balaban J connectivity index is 1.98. The van der Waals surface area contributed by atoms with Gasteiger partial charge in [0.05, 0.1) is 5.60 Å². The average molecular weight is 1120 g/mol. The number of benzene rings is 2. The highest BCUT2D eigenvalue weighted by Crippen LogP contribution is 2.27. The summed E-state index contributed by atoms with van der Waals surface area (Å²) in [6.07, 6.45) is -0.0455. The maximum absolute atomic E-state index is 15.3. The Labute approximate surface area is 474 Å². The number of cyclic esters (lactones) is 1. The molecule has 20 heteroatoms. The summed E-state index contributed by atoms with van der Waals surface area (Å²) < 4.78 is 6.08. The number of fused-ring (bicyclic) bond motifs is 1. The molecule has 2 fully saturated rings. The first-order chi connectivity index (χ1) is 37.6. The second kappa shape index (κ2) is 29.9.